The quantitative estimate of drug-likeness (QED) is 0.763. The predicted molar refractivity (Wildman–Crippen MR) is 94.7 cm³/mol. The summed E-state index contributed by atoms with van der Waals surface area (Å²) >= 11 is 1.61. The minimum atomic E-state index is 0.0688. The van der Waals surface area contributed by atoms with E-state index in [1.54, 1.807) is 19.1 Å². The predicted octanol–water partition coefficient (Wildman–Crippen LogP) is 3.88. The fourth-order valence-electron chi connectivity index (χ4n) is 2.47. The van der Waals surface area contributed by atoms with Gasteiger partial charge in [0.05, 0.1) is 12.8 Å². The second kappa shape index (κ2) is 5.89. The lowest BCUT2D eigenvalue weighted by Crippen LogP contribution is -2.20. The molecule has 2 aromatic carbocycles. The highest BCUT2D eigenvalue weighted by Crippen LogP contribution is 2.34. The minimum Gasteiger partial charge on any atom is -0.497 e. The topological polar surface area (TPSA) is 51.1 Å². The molecule has 5 nitrogen and oxygen atoms in total. The lowest BCUT2D eigenvalue weighted by molar-refractivity contribution is 0.415. The molecule has 4 rings (SSSR count). The first kappa shape index (κ1) is 14.0. The highest BCUT2D eigenvalue weighted by Gasteiger charge is 2.24. The first-order chi connectivity index (χ1) is 11.3. The summed E-state index contributed by atoms with van der Waals surface area (Å²) in [5.74, 6) is 1.82. The summed E-state index contributed by atoms with van der Waals surface area (Å²) in [6.45, 7) is 0. The van der Waals surface area contributed by atoms with Crippen LogP contribution < -0.4 is 15.4 Å². The average Bonchev–Trinajstić information content (AvgIpc) is 3.14. The van der Waals surface area contributed by atoms with Crippen molar-refractivity contribution in [2.75, 3.05) is 17.7 Å². The molecule has 0 saturated heterocycles. The van der Waals surface area contributed by atoms with Gasteiger partial charge in [-0.2, -0.15) is 9.19 Å². The third kappa shape index (κ3) is 2.85. The molecule has 0 radical (unpaired) electrons. The number of methoxy groups -OCH3 is 1. The maximum Gasteiger partial charge on any atom is 0.168 e. The van der Waals surface area contributed by atoms with E-state index in [-0.39, 0.29) is 5.50 Å². The Morgan fingerprint density at radius 1 is 1.13 bits per heavy atom. The molecule has 1 aliphatic rings. The Hall–Kier alpha value is -2.60. The summed E-state index contributed by atoms with van der Waals surface area (Å²) in [7, 11) is 1.67. The Bertz CT molecular complexity index is 795. The number of aromatic nitrogens is 2. The van der Waals surface area contributed by atoms with E-state index in [9.17, 15) is 0 Å². The smallest absolute Gasteiger partial charge is 0.168 e. The summed E-state index contributed by atoms with van der Waals surface area (Å²) in [6.07, 6.45) is 0. The number of nitrogens with zero attached hydrogens (tertiary/aromatic N) is 2. The largest absolute Gasteiger partial charge is 0.497 e. The second-order valence-corrected chi connectivity index (χ2v) is 6.19. The first-order valence-corrected chi connectivity index (χ1v) is 8.15. The Balaban J connectivity index is 1.50. The highest BCUT2D eigenvalue weighted by atomic mass is 32.2. The number of nitrogens with one attached hydrogen (secondary N) is 2. The fourth-order valence-corrected chi connectivity index (χ4v) is 3.39. The van der Waals surface area contributed by atoms with Crippen LogP contribution in [0.3, 0.4) is 0 Å². The van der Waals surface area contributed by atoms with Gasteiger partial charge in [0.1, 0.15) is 11.6 Å². The molecular weight excluding hydrogens is 308 g/mol. The number of ether oxygens (including phenoxy) is 1. The summed E-state index contributed by atoms with van der Waals surface area (Å²) in [6, 6.07) is 20.1. The van der Waals surface area contributed by atoms with Crippen LogP contribution in [0.4, 0.5) is 11.5 Å². The van der Waals surface area contributed by atoms with Gasteiger partial charge in [-0.3, -0.25) is 0 Å². The van der Waals surface area contributed by atoms with E-state index in [0.717, 1.165) is 28.5 Å². The van der Waals surface area contributed by atoms with Crippen LogP contribution in [-0.4, -0.2) is 21.8 Å². The lowest BCUT2D eigenvalue weighted by atomic mass is 10.1. The Morgan fingerprint density at radius 3 is 2.78 bits per heavy atom. The maximum absolute atomic E-state index is 5.27. The molecule has 0 bridgehead atoms. The Morgan fingerprint density at radius 2 is 2.00 bits per heavy atom. The molecule has 0 saturated carbocycles. The molecule has 2 heterocycles. The first-order valence-electron chi connectivity index (χ1n) is 7.31. The van der Waals surface area contributed by atoms with Crippen LogP contribution in [0.5, 0.6) is 5.75 Å². The van der Waals surface area contributed by atoms with Crippen molar-refractivity contribution in [1.29, 1.82) is 0 Å². The van der Waals surface area contributed by atoms with Crippen LogP contribution in [0, 0.1) is 0 Å². The number of fused-ring (bicyclic) bond motifs is 1. The molecule has 116 valence electrons. The van der Waals surface area contributed by atoms with Crippen LogP contribution in [-0.2, 0) is 0 Å². The van der Waals surface area contributed by atoms with Gasteiger partial charge >= 0.3 is 0 Å². The number of rotatable bonds is 4. The third-order valence-electron chi connectivity index (χ3n) is 3.60. The maximum atomic E-state index is 5.27. The van der Waals surface area contributed by atoms with Crippen molar-refractivity contribution in [2.24, 2.45) is 0 Å². The molecule has 2 N–H and O–H groups in total. The zero-order valence-corrected chi connectivity index (χ0v) is 13.4. The molecule has 23 heavy (non-hydrogen) atoms. The minimum absolute atomic E-state index is 0.0688. The van der Waals surface area contributed by atoms with Crippen molar-refractivity contribution >= 4 is 23.5 Å². The van der Waals surface area contributed by atoms with Crippen molar-refractivity contribution in [3.63, 3.8) is 0 Å². The van der Waals surface area contributed by atoms with Gasteiger partial charge in [-0.15, -0.1) is 0 Å². The van der Waals surface area contributed by atoms with Crippen molar-refractivity contribution in [1.82, 2.24) is 9.19 Å². The normalized spacial score (nSPS) is 15.8. The Labute approximate surface area is 138 Å². The molecule has 6 heteroatoms. The van der Waals surface area contributed by atoms with E-state index < -0.39 is 0 Å². The molecule has 0 spiro atoms. The van der Waals surface area contributed by atoms with Gasteiger partial charge in [-0.25, -0.2) is 0 Å². The van der Waals surface area contributed by atoms with Crippen molar-refractivity contribution < 1.29 is 4.74 Å². The van der Waals surface area contributed by atoms with Gasteiger partial charge in [-0.1, -0.05) is 30.3 Å². The van der Waals surface area contributed by atoms with Crippen molar-refractivity contribution in [3.05, 3.63) is 60.7 Å². The van der Waals surface area contributed by atoms with E-state index in [0.29, 0.717) is 0 Å². The molecule has 1 atom stereocenters. The van der Waals surface area contributed by atoms with E-state index in [1.165, 1.54) is 0 Å². The third-order valence-corrected chi connectivity index (χ3v) is 4.52. The molecule has 1 aliphatic heterocycles. The number of para-hydroxylation sites is 1. The van der Waals surface area contributed by atoms with Crippen molar-refractivity contribution in [2.45, 2.75) is 5.50 Å². The fraction of sp³-hybridized carbons (Fsp3) is 0.118. The molecule has 1 unspecified atom stereocenters. The number of anilines is 2. The summed E-state index contributed by atoms with van der Waals surface area (Å²) in [5, 5.41) is 11.5. The second-order valence-electron chi connectivity index (χ2n) is 5.16. The highest BCUT2D eigenvalue weighted by molar-refractivity contribution is 7.98. The van der Waals surface area contributed by atoms with Crippen LogP contribution in [0.15, 0.2) is 60.7 Å². The Kier molecular flexibility index (Phi) is 3.59. The van der Waals surface area contributed by atoms with E-state index in [4.69, 9.17) is 4.74 Å². The molecular formula is C17H16N4OS. The van der Waals surface area contributed by atoms with E-state index in [1.807, 2.05) is 58.7 Å². The van der Waals surface area contributed by atoms with Gasteiger partial charge in [-0.05, 0) is 24.3 Å². The SMILES string of the molecule is COc1cccc(-c2cc3n(n2)SC(Nc2ccccc2)N3)c1. The number of hydrogen-bond donors (Lipinski definition) is 2. The summed E-state index contributed by atoms with van der Waals surface area (Å²) in [5.41, 5.74) is 3.12. The van der Waals surface area contributed by atoms with Gasteiger partial charge in [0, 0.05) is 29.3 Å². The number of hydrogen-bond acceptors (Lipinski definition) is 5. The monoisotopic (exact) mass is 324 g/mol. The van der Waals surface area contributed by atoms with Crippen LogP contribution in [0.1, 0.15) is 0 Å². The van der Waals surface area contributed by atoms with Crippen LogP contribution in [0.25, 0.3) is 11.3 Å². The standard InChI is InChI=1S/C17H16N4OS/c1-22-14-9-5-6-12(10-14)15-11-16-19-17(23-21(16)20-15)18-13-7-3-2-4-8-13/h2-11,17-19H,1H3. The van der Waals surface area contributed by atoms with E-state index in [2.05, 4.69) is 21.8 Å². The summed E-state index contributed by atoms with van der Waals surface area (Å²) in [4.78, 5) is 0. The molecule has 3 aromatic rings. The molecule has 0 fully saturated rings. The number of benzene rings is 2. The zero-order valence-electron chi connectivity index (χ0n) is 12.6. The summed E-state index contributed by atoms with van der Waals surface area (Å²) < 4.78 is 7.18. The lowest BCUT2D eigenvalue weighted by Gasteiger charge is -2.12. The van der Waals surface area contributed by atoms with Gasteiger partial charge in [0.25, 0.3) is 0 Å². The molecule has 1 aromatic heterocycles. The van der Waals surface area contributed by atoms with Gasteiger partial charge < -0.3 is 15.4 Å². The molecule has 0 aliphatic carbocycles. The molecule has 0 amide bonds. The van der Waals surface area contributed by atoms with Gasteiger partial charge in [0.2, 0.25) is 0 Å². The van der Waals surface area contributed by atoms with Crippen LogP contribution in [0.2, 0.25) is 0 Å². The van der Waals surface area contributed by atoms with Gasteiger partial charge in [0.15, 0.2) is 5.50 Å². The van der Waals surface area contributed by atoms with Crippen LogP contribution >= 0.6 is 11.9 Å². The van der Waals surface area contributed by atoms with E-state index >= 15 is 0 Å². The average molecular weight is 324 g/mol. The van der Waals surface area contributed by atoms with Crippen molar-refractivity contribution in [3.8, 4) is 17.0 Å². The zero-order chi connectivity index (χ0) is 15.6.